The third-order valence-electron chi connectivity index (χ3n) is 4.23. The minimum absolute atomic E-state index is 0.187. The molecule has 112 valence electrons. The van der Waals surface area contributed by atoms with Crippen molar-refractivity contribution in [3.05, 3.63) is 34.1 Å². The van der Waals surface area contributed by atoms with Gasteiger partial charge in [0.2, 0.25) is 0 Å². The number of nitrogens with zero attached hydrogens (tertiary/aromatic N) is 1. The molecule has 1 saturated heterocycles. The van der Waals surface area contributed by atoms with E-state index in [2.05, 4.69) is 46.9 Å². The molecule has 0 spiro atoms. The van der Waals surface area contributed by atoms with E-state index in [0.29, 0.717) is 18.0 Å². The van der Waals surface area contributed by atoms with Crippen molar-refractivity contribution < 1.29 is 4.39 Å². The average molecular weight is 343 g/mol. The van der Waals surface area contributed by atoms with Crippen LogP contribution in [-0.2, 0) is 6.54 Å². The van der Waals surface area contributed by atoms with E-state index in [-0.39, 0.29) is 5.82 Å². The predicted molar refractivity (Wildman–Crippen MR) is 85.2 cm³/mol. The van der Waals surface area contributed by atoms with Crippen LogP contribution >= 0.6 is 15.9 Å². The van der Waals surface area contributed by atoms with Gasteiger partial charge in [-0.05, 0) is 30.0 Å². The zero-order valence-electron chi connectivity index (χ0n) is 12.5. The molecule has 1 fully saturated rings. The number of hydrogen-bond donors (Lipinski definition) is 1. The highest BCUT2D eigenvalue weighted by molar-refractivity contribution is 9.10. The Balaban J connectivity index is 2.11. The molecular weight excluding hydrogens is 319 g/mol. The van der Waals surface area contributed by atoms with E-state index in [0.717, 1.165) is 36.1 Å². The summed E-state index contributed by atoms with van der Waals surface area (Å²) in [5.74, 6) is 0.444. The first-order valence-electron chi connectivity index (χ1n) is 7.42. The van der Waals surface area contributed by atoms with Crippen molar-refractivity contribution in [3.8, 4) is 0 Å². The molecule has 1 heterocycles. The second kappa shape index (κ2) is 7.01. The fourth-order valence-electron chi connectivity index (χ4n) is 2.79. The number of hydrogen-bond acceptors (Lipinski definition) is 2. The van der Waals surface area contributed by atoms with Gasteiger partial charge in [0.05, 0.1) is 0 Å². The standard InChI is InChI=1S/C16H24BrFN2/c1-4-14-8-19-16(11(2)3)10-20(14)9-12-5-6-13(18)7-15(12)17/h5-7,11,14,16,19H,4,8-10H2,1-3H3. The smallest absolute Gasteiger partial charge is 0.124 e. The van der Waals surface area contributed by atoms with Gasteiger partial charge < -0.3 is 5.32 Å². The first kappa shape index (κ1) is 15.9. The van der Waals surface area contributed by atoms with Gasteiger partial charge in [-0.1, -0.05) is 42.8 Å². The Morgan fingerprint density at radius 2 is 2.20 bits per heavy atom. The van der Waals surface area contributed by atoms with Crippen molar-refractivity contribution >= 4 is 15.9 Å². The van der Waals surface area contributed by atoms with Crippen molar-refractivity contribution in [3.63, 3.8) is 0 Å². The number of rotatable bonds is 4. The van der Waals surface area contributed by atoms with Crippen LogP contribution in [0.5, 0.6) is 0 Å². The molecule has 1 aromatic rings. The van der Waals surface area contributed by atoms with Crippen LogP contribution in [0.3, 0.4) is 0 Å². The van der Waals surface area contributed by atoms with Crippen LogP contribution in [0.1, 0.15) is 32.8 Å². The third kappa shape index (κ3) is 3.80. The molecule has 0 aliphatic carbocycles. The summed E-state index contributed by atoms with van der Waals surface area (Å²) in [6.07, 6.45) is 1.14. The summed E-state index contributed by atoms with van der Waals surface area (Å²) in [5.41, 5.74) is 1.16. The van der Waals surface area contributed by atoms with Crippen LogP contribution in [0.15, 0.2) is 22.7 Å². The van der Waals surface area contributed by atoms with Gasteiger partial charge in [0.25, 0.3) is 0 Å². The Morgan fingerprint density at radius 1 is 1.45 bits per heavy atom. The van der Waals surface area contributed by atoms with Crippen LogP contribution in [0.4, 0.5) is 4.39 Å². The van der Waals surface area contributed by atoms with E-state index >= 15 is 0 Å². The number of benzene rings is 1. The Hall–Kier alpha value is -0.450. The summed E-state index contributed by atoms with van der Waals surface area (Å²) in [6, 6.07) is 6.08. The fraction of sp³-hybridized carbons (Fsp3) is 0.625. The highest BCUT2D eigenvalue weighted by Crippen LogP contribution is 2.23. The number of piperazine rings is 1. The normalized spacial score (nSPS) is 24.3. The molecule has 20 heavy (non-hydrogen) atoms. The third-order valence-corrected chi connectivity index (χ3v) is 4.97. The molecule has 1 N–H and O–H groups in total. The van der Waals surface area contributed by atoms with E-state index in [1.807, 2.05) is 6.07 Å². The van der Waals surface area contributed by atoms with E-state index in [4.69, 9.17) is 0 Å². The van der Waals surface area contributed by atoms with E-state index in [9.17, 15) is 4.39 Å². The average Bonchev–Trinajstić information content (AvgIpc) is 2.41. The Bertz CT molecular complexity index is 450. The first-order valence-corrected chi connectivity index (χ1v) is 8.22. The van der Waals surface area contributed by atoms with E-state index in [1.165, 1.54) is 0 Å². The van der Waals surface area contributed by atoms with Gasteiger partial charge in [0.15, 0.2) is 0 Å². The van der Waals surface area contributed by atoms with Gasteiger partial charge in [0, 0.05) is 36.2 Å². The maximum Gasteiger partial charge on any atom is 0.124 e. The quantitative estimate of drug-likeness (QED) is 0.895. The summed E-state index contributed by atoms with van der Waals surface area (Å²) in [7, 11) is 0. The van der Waals surface area contributed by atoms with Crippen molar-refractivity contribution in [1.29, 1.82) is 0 Å². The maximum absolute atomic E-state index is 13.2. The fourth-order valence-corrected chi connectivity index (χ4v) is 3.27. The van der Waals surface area contributed by atoms with Crippen LogP contribution in [-0.4, -0.2) is 30.1 Å². The lowest BCUT2D eigenvalue weighted by molar-refractivity contribution is 0.103. The summed E-state index contributed by atoms with van der Waals surface area (Å²) < 4.78 is 14.1. The maximum atomic E-state index is 13.2. The molecule has 4 heteroatoms. The van der Waals surface area contributed by atoms with Gasteiger partial charge in [-0.25, -0.2) is 4.39 Å². The summed E-state index contributed by atoms with van der Waals surface area (Å²) in [6.45, 7) is 9.73. The summed E-state index contributed by atoms with van der Waals surface area (Å²) in [4.78, 5) is 2.53. The number of halogens is 2. The molecule has 2 rings (SSSR count). The molecule has 1 aliphatic heterocycles. The van der Waals surface area contributed by atoms with Gasteiger partial charge >= 0.3 is 0 Å². The molecule has 0 amide bonds. The lowest BCUT2D eigenvalue weighted by Crippen LogP contribution is -2.57. The van der Waals surface area contributed by atoms with Crippen molar-refractivity contribution in [2.45, 2.75) is 45.8 Å². The van der Waals surface area contributed by atoms with Crippen LogP contribution in [0.2, 0.25) is 0 Å². The van der Waals surface area contributed by atoms with Gasteiger partial charge in [-0.15, -0.1) is 0 Å². The monoisotopic (exact) mass is 342 g/mol. The summed E-state index contributed by atoms with van der Waals surface area (Å²) in [5, 5.41) is 3.65. The lowest BCUT2D eigenvalue weighted by atomic mass is 9.98. The Morgan fingerprint density at radius 3 is 2.80 bits per heavy atom. The van der Waals surface area contributed by atoms with E-state index in [1.54, 1.807) is 12.1 Å². The van der Waals surface area contributed by atoms with E-state index < -0.39 is 0 Å². The van der Waals surface area contributed by atoms with Crippen LogP contribution in [0.25, 0.3) is 0 Å². The Kier molecular flexibility index (Phi) is 5.58. The minimum atomic E-state index is -0.187. The molecule has 0 bridgehead atoms. The second-order valence-corrected chi connectivity index (χ2v) is 6.84. The lowest BCUT2D eigenvalue weighted by Gasteiger charge is -2.41. The molecule has 2 unspecified atom stereocenters. The number of nitrogens with one attached hydrogen (secondary N) is 1. The van der Waals surface area contributed by atoms with Crippen molar-refractivity contribution in [2.24, 2.45) is 5.92 Å². The predicted octanol–water partition coefficient (Wildman–Crippen LogP) is 3.80. The molecule has 0 radical (unpaired) electrons. The van der Waals surface area contributed by atoms with Gasteiger partial charge in [-0.2, -0.15) is 0 Å². The topological polar surface area (TPSA) is 15.3 Å². The molecule has 1 aromatic carbocycles. The zero-order chi connectivity index (χ0) is 14.7. The second-order valence-electron chi connectivity index (χ2n) is 5.99. The van der Waals surface area contributed by atoms with Crippen LogP contribution < -0.4 is 5.32 Å². The SMILES string of the molecule is CCC1CNC(C(C)C)CN1Cc1ccc(F)cc1Br. The van der Waals surface area contributed by atoms with Gasteiger partial charge in [0.1, 0.15) is 5.82 Å². The zero-order valence-corrected chi connectivity index (χ0v) is 14.1. The molecular formula is C16H24BrFN2. The largest absolute Gasteiger partial charge is 0.311 e. The molecule has 1 aliphatic rings. The van der Waals surface area contributed by atoms with Crippen molar-refractivity contribution in [2.75, 3.05) is 13.1 Å². The molecule has 0 aromatic heterocycles. The first-order chi connectivity index (χ1) is 9.51. The molecule has 2 nitrogen and oxygen atoms in total. The molecule has 0 saturated carbocycles. The Labute approximate surface area is 129 Å². The van der Waals surface area contributed by atoms with Crippen LogP contribution in [0, 0.1) is 11.7 Å². The highest BCUT2D eigenvalue weighted by Gasteiger charge is 2.28. The van der Waals surface area contributed by atoms with Gasteiger partial charge in [-0.3, -0.25) is 4.90 Å². The summed E-state index contributed by atoms with van der Waals surface area (Å²) >= 11 is 3.48. The highest BCUT2D eigenvalue weighted by atomic mass is 79.9. The molecule has 2 atom stereocenters. The minimum Gasteiger partial charge on any atom is -0.311 e. The van der Waals surface area contributed by atoms with Crippen molar-refractivity contribution in [1.82, 2.24) is 10.2 Å².